The summed E-state index contributed by atoms with van der Waals surface area (Å²) < 4.78 is 0. The van der Waals surface area contributed by atoms with Gasteiger partial charge in [0, 0.05) is 13.1 Å². The first kappa shape index (κ1) is 15.5. The molecule has 0 bridgehead atoms. The normalized spacial score (nSPS) is 21.8. The van der Waals surface area contributed by atoms with E-state index >= 15 is 0 Å². The van der Waals surface area contributed by atoms with Crippen molar-refractivity contribution in [2.24, 2.45) is 11.3 Å². The highest BCUT2D eigenvalue weighted by atomic mass is 32.2. The molecule has 1 saturated heterocycles. The summed E-state index contributed by atoms with van der Waals surface area (Å²) in [6, 6.07) is -0.153. The molecule has 1 heterocycles. The van der Waals surface area contributed by atoms with E-state index < -0.39 is 5.97 Å². The molecule has 0 radical (unpaired) electrons. The van der Waals surface area contributed by atoms with E-state index in [9.17, 15) is 9.59 Å². The number of urea groups is 1. The summed E-state index contributed by atoms with van der Waals surface area (Å²) in [5.74, 6) is 2.20. The fraction of sp³-hybridized carbons (Fsp3) is 0.857. The van der Waals surface area contributed by atoms with Crippen molar-refractivity contribution in [3.8, 4) is 0 Å². The highest BCUT2D eigenvalue weighted by Gasteiger charge is 2.39. The molecular weight excluding hydrogens is 276 g/mol. The molecule has 1 aliphatic heterocycles. The van der Waals surface area contributed by atoms with Crippen LogP contribution in [0.5, 0.6) is 0 Å². The molecule has 0 aromatic rings. The van der Waals surface area contributed by atoms with Gasteiger partial charge in [0.1, 0.15) is 0 Å². The Labute approximate surface area is 124 Å². The summed E-state index contributed by atoms with van der Waals surface area (Å²) in [4.78, 5) is 22.6. The number of thioether (sulfide) groups is 1. The van der Waals surface area contributed by atoms with Gasteiger partial charge in [-0.25, -0.2) is 4.79 Å². The molecule has 0 unspecified atom stereocenters. The summed E-state index contributed by atoms with van der Waals surface area (Å²) in [6.45, 7) is 1.21. The molecule has 5 nitrogen and oxygen atoms in total. The first-order valence-electron chi connectivity index (χ1n) is 7.41. The van der Waals surface area contributed by atoms with Gasteiger partial charge in [-0.15, -0.1) is 0 Å². The van der Waals surface area contributed by atoms with Crippen LogP contribution in [0.15, 0.2) is 0 Å². The number of carbonyl (C=O) groups excluding carboxylic acids is 1. The van der Waals surface area contributed by atoms with E-state index in [4.69, 9.17) is 5.11 Å². The number of hydrogen-bond acceptors (Lipinski definition) is 3. The van der Waals surface area contributed by atoms with Crippen LogP contribution in [-0.4, -0.2) is 41.7 Å². The van der Waals surface area contributed by atoms with Crippen LogP contribution in [0.2, 0.25) is 0 Å². The molecule has 2 fully saturated rings. The minimum atomic E-state index is -0.772. The van der Waals surface area contributed by atoms with Crippen molar-refractivity contribution >= 4 is 23.8 Å². The van der Waals surface area contributed by atoms with E-state index in [1.807, 2.05) is 11.8 Å². The Bertz CT molecular complexity index is 352. The van der Waals surface area contributed by atoms with Crippen LogP contribution < -0.4 is 10.6 Å². The number of carboxylic acid groups (broad SMARTS) is 1. The third-order valence-electron chi connectivity index (χ3n) is 4.46. The van der Waals surface area contributed by atoms with E-state index in [0.717, 1.165) is 25.8 Å². The molecule has 1 saturated carbocycles. The average Bonchev–Trinajstić information content (AvgIpc) is 2.40. The SMILES string of the molecule is O=C(O)CC1(CNC(=O)NCC2CCSCC2)CCC1. The highest BCUT2D eigenvalue weighted by molar-refractivity contribution is 7.99. The lowest BCUT2D eigenvalue weighted by Gasteiger charge is -2.40. The first-order valence-corrected chi connectivity index (χ1v) is 8.56. The smallest absolute Gasteiger partial charge is 0.314 e. The van der Waals surface area contributed by atoms with E-state index in [0.29, 0.717) is 12.5 Å². The molecule has 0 aromatic heterocycles. The molecule has 1 aliphatic carbocycles. The summed E-state index contributed by atoms with van der Waals surface area (Å²) in [5, 5.41) is 14.7. The van der Waals surface area contributed by atoms with Gasteiger partial charge in [0.05, 0.1) is 6.42 Å². The van der Waals surface area contributed by atoms with Gasteiger partial charge < -0.3 is 15.7 Å². The second-order valence-electron chi connectivity index (χ2n) is 6.04. The number of carboxylic acids is 1. The Kier molecular flexibility index (Phi) is 5.57. The zero-order valence-corrected chi connectivity index (χ0v) is 12.6. The van der Waals surface area contributed by atoms with Crippen LogP contribution in [-0.2, 0) is 4.79 Å². The van der Waals surface area contributed by atoms with Gasteiger partial charge in [-0.2, -0.15) is 11.8 Å². The quantitative estimate of drug-likeness (QED) is 0.702. The number of aliphatic carboxylic acids is 1. The van der Waals surface area contributed by atoms with E-state index in [2.05, 4.69) is 10.6 Å². The highest BCUT2D eigenvalue weighted by Crippen LogP contribution is 2.43. The van der Waals surface area contributed by atoms with Gasteiger partial charge in [0.25, 0.3) is 0 Å². The van der Waals surface area contributed by atoms with Crippen molar-refractivity contribution in [3.05, 3.63) is 0 Å². The predicted molar refractivity (Wildman–Crippen MR) is 80.0 cm³/mol. The Morgan fingerprint density at radius 1 is 1.20 bits per heavy atom. The number of hydrogen-bond donors (Lipinski definition) is 3. The van der Waals surface area contributed by atoms with Crippen molar-refractivity contribution in [3.63, 3.8) is 0 Å². The topological polar surface area (TPSA) is 78.4 Å². The Morgan fingerprint density at radius 3 is 2.45 bits per heavy atom. The van der Waals surface area contributed by atoms with Crippen LogP contribution in [0, 0.1) is 11.3 Å². The van der Waals surface area contributed by atoms with Gasteiger partial charge in [0.15, 0.2) is 0 Å². The summed E-state index contributed by atoms with van der Waals surface area (Å²) in [6.07, 6.45) is 5.38. The summed E-state index contributed by atoms with van der Waals surface area (Å²) in [5.41, 5.74) is -0.204. The molecule has 114 valence electrons. The summed E-state index contributed by atoms with van der Waals surface area (Å²) in [7, 11) is 0. The fourth-order valence-electron chi connectivity index (χ4n) is 2.93. The van der Waals surface area contributed by atoms with Gasteiger partial charge in [-0.1, -0.05) is 6.42 Å². The molecule has 6 heteroatoms. The number of amides is 2. The monoisotopic (exact) mass is 300 g/mol. The van der Waals surface area contributed by atoms with Gasteiger partial charge in [0.2, 0.25) is 0 Å². The van der Waals surface area contributed by atoms with E-state index in [1.54, 1.807) is 0 Å². The Morgan fingerprint density at radius 2 is 1.90 bits per heavy atom. The standard InChI is InChI=1S/C14H24N2O3S/c17-12(18)8-14(4-1-5-14)10-16-13(19)15-9-11-2-6-20-7-3-11/h11H,1-10H2,(H,17,18)(H2,15,16,19). The Hall–Kier alpha value is -0.910. The van der Waals surface area contributed by atoms with Crippen molar-refractivity contribution in [2.45, 2.75) is 38.5 Å². The molecule has 0 spiro atoms. The van der Waals surface area contributed by atoms with Crippen LogP contribution >= 0.6 is 11.8 Å². The third-order valence-corrected chi connectivity index (χ3v) is 5.51. The molecule has 3 N–H and O–H groups in total. The molecular formula is C14H24N2O3S. The molecule has 20 heavy (non-hydrogen) atoms. The maximum absolute atomic E-state index is 11.8. The zero-order valence-electron chi connectivity index (χ0n) is 11.8. The minimum Gasteiger partial charge on any atom is -0.481 e. The van der Waals surface area contributed by atoms with E-state index in [1.165, 1.54) is 24.3 Å². The molecule has 0 atom stereocenters. The zero-order chi connectivity index (χ0) is 14.4. The van der Waals surface area contributed by atoms with Gasteiger partial charge >= 0.3 is 12.0 Å². The molecule has 2 amide bonds. The van der Waals surface area contributed by atoms with Crippen molar-refractivity contribution < 1.29 is 14.7 Å². The van der Waals surface area contributed by atoms with Gasteiger partial charge in [-0.3, -0.25) is 4.79 Å². The lowest BCUT2D eigenvalue weighted by Crippen LogP contribution is -2.47. The van der Waals surface area contributed by atoms with Crippen LogP contribution in [0.4, 0.5) is 4.79 Å². The minimum absolute atomic E-state index is 0.153. The number of rotatable bonds is 6. The van der Waals surface area contributed by atoms with Crippen LogP contribution in [0.25, 0.3) is 0 Å². The maximum atomic E-state index is 11.8. The average molecular weight is 300 g/mol. The second kappa shape index (κ2) is 7.20. The fourth-order valence-corrected chi connectivity index (χ4v) is 4.14. The number of carbonyl (C=O) groups is 2. The maximum Gasteiger partial charge on any atom is 0.314 e. The lowest BCUT2D eigenvalue weighted by molar-refractivity contribution is -0.141. The Balaban J connectivity index is 1.65. The van der Waals surface area contributed by atoms with Crippen molar-refractivity contribution in [1.82, 2.24) is 10.6 Å². The van der Waals surface area contributed by atoms with Crippen LogP contribution in [0.3, 0.4) is 0 Å². The summed E-state index contributed by atoms with van der Waals surface area (Å²) >= 11 is 1.98. The van der Waals surface area contributed by atoms with Gasteiger partial charge in [-0.05, 0) is 48.5 Å². The second-order valence-corrected chi connectivity index (χ2v) is 7.27. The van der Waals surface area contributed by atoms with Crippen molar-refractivity contribution in [2.75, 3.05) is 24.6 Å². The third kappa shape index (κ3) is 4.58. The molecule has 2 aliphatic rings. The first-order chi connectivity index (χ1) is 9.60. The van der Waals surface area contributed by atoms with E-state index in [-0.39, 0.29) is 17.9 Å². The lowest BCUT2D eigenvalue weighted by atomic mass is 9.66. The largest absolute Gasteiger partial charge is 0.481 e. The predicted octanol–water partition coefficient (Wildman–Crippen LogP) is 2.07. The molecule has 2 rings (SSSR count). The molecule has 0 aromatic carbocycles. The van der Waals surface area contributed by atoms with Crippen LogP contribution in [0.1, 0.15) is 38.5 Å². The number of nitrogens with one attached hydrogen (secondary N) is 2. The van der Waals surface area contributed by atoms with Crippen molar-refractivity contribution in [1.29, 1.82) is 0 Å².